The fraction of sp³-hybridized carbons (Fsp3) is 0.0400. The van der Waals surface area contributed by atoms with Crippen molar-refractivity contribution in [1.29, 1.82) is 0 Å². The summed E-state index contributed by atoms with van der Waals surface area (Å²) in [7, 11) is 0. The number of carbonyl (C=O) groups is 4. The van der Waals surface area contributed by atoms with Crippen molar-refractivity contribution >= 4 is 46.5 Å². The lowest BCUT2D eigenvalue weighted by atomic mass is 10.2. The van der Waals surface area contributed by atoms with Crippen molar-refractivity contribution in [1.82, 2.24) is 4.90 Å². The Morgan fingerprint density at radius 2 is 1.52 bits per heavy atom. The molecule has 1 fully saturated rings. The largest absolute Gasteiger partial charge is 0.423 e. The predicted molar refractivity (Wildman–Crippen MR) is 126 cm³/mol. The van der Waals surface area contributed by atoms with E-state index in [0.29, 0.717) is 22.6 Å². The Balaban J connectivity index is 1.38. The van der Waals surface area contributed by atoms with Gasteiger partial charge in [0.2, 0.25) is 5.91 Å². The summed E-state index contributed by atoms with van der Waals surface area (Å²) >= 11 is 0.770. The minimum Gasteiger partial charge on any atom is -0.423 e. The van der Waals surface area contributed by atoms with Crippen molar-refractivity contribution in [2.45, 2.75) is 0 Å². The molecule has 8 heteroatoms. The summed E-state index contributed by atoms with van der Waals surface area (Å²) in [5.41, 5.74) is 1.67. The quantitative estimate of drug-likeness (QED) is 0.330. The molecule has 164 valence electrons. The molecule has 3 aromatic rings. The van der Waals surface area contributed by atoms with E-state index in [0.717, 1.165) is 16.7 Å². The minimum atomic E-state index is -0.534. The molecule has 3 amide bonds. The zero-order valence-electron chi connectivity index (χ0n) is 17.3. The molecule has 1 N–H and O–H groups in total. The molecule has 0 bridgehead atoms. The fourth-order valence-electron chi connectivity index (χ4n) is 3.03. The Hall–Kier alpha value is -4.17. The van der Waals surface area contributed by atoms with Crippen molar-refractivity contribution in [3.63, 3.8) is 0 Å². The Labute approximate surface area is 194 Å². The van der Waals surface area contributed by atoms with Gasteiger partial charge in [-0.25, -0.2) is 4.79 Å². The summed E-state index contributed by atoms with van der Waals surface area (Å²) in [4.78, 5) is 50.4. The number of para-hydroxylation sites is 1. The SMILES string of the molecule is O=C(CN1C(=O)S/C(=C\c2ccc(OC(=O)c3ccccc3)cc2)C1=O)Nc1ccccc1. The third-order valence-electron chi connectivity index (χ3n) is 4.63. The van der Waals surface area contributed by atoms with Crippen molar-refractivity contribution in [2.75, 3.05) is 11.9 Å². The number of esters is 1. The van der Waals surface area contributed by atoms with Gasteiger partial charge in [-0.1, -0.05) is 48.5 Å². The molecule has 0 spiro atoms. The van der Waals surface area contributed by atoms with E-state index in [1.54, 1.807) is 78.9 Å². The molecule has 0 unspecified atom stereocenters. The van der Waals surface area contributed by atoms with Gasteiger partial charge in [0.05, 0.1) is 10.5 Å². The Morgan fingerprint density at radius 1 is 0.879 bits per heavy atom. The number of carbonyl (C=O) groups excluding carboxylic acids is 4. The highest BCUT2D eigenvalue weighted by Crippen LogP contribution is 2.32. The molecule has 0 aromatic heterocycles. The van der Waals surface area contributed by atoms with Gasteiger partial charge in [-0.15, -0.1) is 0 Å². The van der Waals surface area contributed by atoms with Gasteiger partial charge in [0.15, 0.2) is 0 Å². The summed E-state index contributed by atoms with van der Waals surface area (Å²) in [6, 6.07) is 24.0. The fourth-order valence-corrected chi connectivity index (χ4v) is 3.86. The van der Waals surface area contributed by atoms with Crippen molar-refractivity contribution in [2.24, 2.45) is 0 Å². The average molecular weight is 458 g/mol. The summed E-state index contributed by atoms with van der Waals surface area (Å²) < 4.78 is 5.33. The zero-order chi connectivity index (χ0) is 23.2. The second-order valence-electron chi connectivity index (χ2n) is 7.01. The van der Waals surface area contributed by atoms with Crippen LogP contribution in [0.1, 0.15) is 15.9 Å². The molecule has 1 aliphatic rings. The average Bonchev–Trinajstić information content (AvgIpc) is 3.08. The third kappa shape index (κ3) is 5.55. The lowest BCUT2D eigenvalue weighted by molar-refractivity contribution is -0.127. The number of benzene rings is 3. The molecule has 33 heavy (non-hydrogen) atoms. The summed E-state index contributed by atoms with van der Waals surface area (Å²) in [6.07, 6.45) is 1.56. The number of amides is 3. The maximum Gasteiger partial charge on any atom is 0.343 e. The third-order valence-corrected chi connectivity index (χ3v) is 5.54. The van der Waals surface area contributed by atoms with Crippen LogP contribution < -0.4 is 10.1 Å². The van der Waals surface area contributed by atoms with Gasteiger partial charge in [-0.3, -0.25) is 19.3 Å². The van der Waals surface area contributed by atoms with Gasteiger partial charge in [-0.2, -0.15) is 0 Å². The summed E-state index contributed by atoms with van der Waals surface area (Å²) in [6.45, 7) is -0.370. The molecule has 1 heterocycles. The number of ether oxygens (including phenoxy) is 1. The summed E-state index contributed by atoms with van der Waals surface area (Å²) in [5, 5.41) is 2.14. The van der Waals surface area contributed by atoms with E-state index in [-0.39, 0.29) is 11.4 Å². The van der Waals surface area contributed by atoms with Crippen molar-refractivity contribution in [3.8, 4) is 5.75 Å². The first-order valence-corrected chi connectivity index (χ1v) is 10.8. The van der Waals surface area contributed by atoms with E-state index in [1.165, 1.54) is 0 Å². The van der Waals surface area contributed by atoms with Crippen LogP contribution in [0.15, 0.2) is 89.8 Å². The van der Waals surface area contributed by atoms with Crippen LogP contribution in [0.4, 0.5) is 10.5 Å². The monoisotopic (exact) mass is 458 g/mol. The molecule has 4 rings (SSSR count). The standard InChI is InChI=1S/C25H18N2O5S/c28-22(26-19-9-5-2-6-10-19)16-27-23(29)21(33-25(27)31)15-17-11-13-20(14-12-17)32-24(30)18-7-3-1-4-8-18/h1-15H,16H2,(H,26,28)/b21-15-. The van der Waals surface area contributed by atoms with Crippen molar-refractivity contribution in [3.05, 3.63) is 101 Å². The predicted octanol–water partition coefficient (Wildman–Crippen LogP) is 4.58. The molecular weight excluding hydrogens is 440 g/mol. The minimum absolute atomic E-state index is 0.210. The first kappa shape index (κ1) is 22.0. The van der Waals surface area contributed by atoms with Crippen LogP contribution in [0.3, 0.4) is 0 Å². The van der Waals surface area contributed by atoms with E-state index in [1.807, 2.05) is 12.1 Å². The second-order valence-corrected chi connectivity index (χ2v) is 8.00. The number of anilines is 1. The van der Waals surface area contributed by atoms with Crippen LogP contribution in [0.25, 0.3) is 6.08 Å². The van der Waals surface area contributed by atoms with Gasteiger partial charge < -0.3 is 10.1 Å². The molecular formula is C25H18N2O5S. The molecule has 1 saturated heterocycles. The van der Waals surface area contributed by atoms with Crippen LogP contribution in [0, 0.1) is 0 Å². The topological polar surface area (TPSA) is 92.8 Å². The number of rotatable bonds is 6. The molecule has 0 saturated carbocycles. The van der Waals surface area contributed by atoms with Crippen LogP contribution in [0.5, 0.6) is 5.75 Å². The van der Waals surface area contributed by atoms with Gasteiger partial charge in [0.1, 0.15) is 12.3 Å². The van der Waals surface area contributed by atoms with Crippen LogP contribution >= 0.6 is 11.8 Å². The van der Waals surface area contributed by atoms with E-state index < -0.39 is 23.0 Å². The van der Waals surface area contributed by atoms with Gasteiger partial charge in [0, 0.05) is 5.69 Å². The van der Waals surface area contributed by atoms with Crippen LogP contribution in [-0.4, -0.2) is 34.5 Å². The lowest BCUT2D eigenvalue weighted by Crippen LogP contribution is -2.36. The van der Waals surface area contributed by atoms with Gasteiger partial charge in [-0.05, 0) is 59.8 Å². The van der Waals surface area contributed by atoms with Crippen LogP contribution in [0.2, 0.25) is 0 Å². The van der Waals surface area contributed by atoms with Gasteiger partial charge >= 0.3 is 5.97 Å². The highest BCUT2D eigenvalue weighted by Gasteiger charge is 2.36. The number of hydrogen-bond donors (Lipinski definition) is 1. The molecule has 0 radical (unpaired) electrons. The molecule has 0 aliphatic carbocycles. The molecule has 7 nitrogen and oxygen atoms in total. The number of imide groups is 1. The normalized spacial score (nSPS) is 14.4. The second kappa shape index (κ2) is 9.97. The zero-order valence-corrected chi connectivity index (χ0v) is 18.1. The smallest absolute Gasteiger partial charge is 0.343 e. The first-order chi connectivity index (χ1) is 16.0. The lowest BCUT2D eigenvalue weighted by Gasteiger charge is -2.12. The van der Waals surface area contributed by atoms with Crippen LogP contribution in [-0.2, 0) is 9.59 Å². The Bertz CT molecular complexity index is 1220. The number of hydrogen-bond acceptors (Lipinski definition) is 6. The number of thioether (sulfide) groups is 1. The van der Waals surface area contributed by atoms with E-state index in [2.05, 4.69) is 5.32 Å². The van der Waals surface area contributed by atoms with Crippen molar-refractivity contribution < 1.29 is 23.9 Å². The molecule has 3 aromatic carbocycles. The maximum atomic E-state index is 12.6. The van der Waals surface area contributed by atoms with Gasteiger partial charge in [0.25, 0.3) is 11.1 Å². The molecule has 0 atom stereocenters. The summed E-state index contributed by atoms with van der Waals surface area (Å²) in [5.74, 6) is -1.12. The van der Waals surface area contributed by atoms with E-state index >= 15 is 0 Å². The number of nitrogens with zero attached hydrogens (tertiary/aromatic N) is 1. The Kier molecular flexibility index (Phi) is 6.66. The highest BCUT2D eigenvalue weighted by molar-refractivity contribution is 8.18. The number of nitrogens with one attached hydrogen (secondary N) is 1. The highest BCUT2D eigenvalue weighted by atomic mass is 32.2. The van der Waals surface area contributed by atoms with E-state index in [9.17, 15) is 19.2 Å². The Morgan fingerprint density at radius 3 is 2.18 bits per heavy atom. The first-order valence-electron chi connectivity index (χ1n) is 9.97. The van der Waals surface area contributed by atoms with E-state index in [4.69, 9.17) is 4.74 Å². The molecule has 1 aliphatic heterocycles. The maximum absolute atomic E-state index is 12.6.